The summed E-state index contributed by atoms with van der Waals surface area (Å²) < 4.78 is 5.76. The smallest absolute Gasteiger partial charge is 0.224 e. The minimum absolute atomic E-state index is 0.195. The molecule has 0 bridgehead atoms. The monoisotopic (exact) mass is 325 g/mol. The first-order chi connectivity index (χ1) is 10.0. The molecule has 1 heterocycles. The van der Waals surface area contributed by atoms with Gasteiger partial charge in [0.2, 0.25) is 5.88 Å². The number of aromatic nitrogens is 2. The highest BCUT2D eigenvalue weighted by Crippen LogP contribution is 2.34. The van der Waals surface area contributed by atoms with Crippen LogP contribution < -0.4 is 10.1 Å². The Balaban J connectivity index is 2.36. The first-order valence-corrected chi connectivity index (χ1v) is 7.51. The molecule has 0 atom stereocenters. The van der Waals surface area contributed by atoms with Crippen molar-refractivity contribution in [3.8, 4) is 11.6 Å². The molecule has 0 unspecified atom stereocenters. The van der Waals surface area contributed by atoms with E-state index in [1.54, 1.807) is 24.3 Å². The summed E-state index contributed by atoms with van der Waals surface area (Å²) in [4.78, 5) is 8.85. The van der Waals surface area contributed by atoms with Gasteiger partial charge < -0.3 is 10.1 Å². The van der Waals surface area contributed by atoms with Crippen LogP contribution in [0.25, 0.3) is 0 Å². The van der Waals surface area contributed by atoms with Crippen LogP contribution in [0.3, 0.4) is 0 Å². The Morgan fingerprint density at radius 3 is 2.67 bits per heavy atom. The maximum absolute atomic E-state index is 6.13. The lowest BCUT2D eigenvalue weighted by atomic mass is 10.2. The zero-order valence-electron chi connectivity index (χ0n) is 12.2. The molecule has 1 N–H and O–H groups in total. The second kappa shape index (κ2) is 6.96. The third-order valence-corrected chi connectivity index (χ3v) is 3.53. The average molecular weight is 326 g/mol. The fraction of sp³-hybridized carbons (Fsp3) is 0.333. The Hall–Kier alpha value is -1.52. The minimum atomic E-state index is 0.195. The molecule has 6 heteroatoms. The fourth-order valence-corrected chi connectivity index (χ4v) is 2.03. The number of ether oxygens (including phenoxy) is 1. The van der Waals surface area contributed by atoms with Crippen molar-refractivity contribution in [2.45, 2.75) is 26.7 Å². The summed E-state index contributed by atoms with van der Waals surface area (Å²) in [6, 6.07) is 6.98. The third kappa shape index (κ3) is 3.99. The number of benzene rings is 1. The van der Waals surface area contributed by atoms with Gasteiger partial charge in [-0.1, -0.05) is 43.1 Å². The van der Waals surface area contributed by atoms with Crippen LogP contribution in [-0.2, 0) is 0 Å². The van der Waals surface area contributed by atoms with Crippen molar-refractivity contribution >= 4 is 29.0 Å². The molecular weight excluding hydrogens is 309 g/mol. The van der Waals surface area contributed by atoms with Crippen LogP contribution in [0.15, 0.2) is 24.3 Å². The van der Waals surface area contributed by atoms with Gasteiger partial charge in [-0.25, -0.2) is 4.98 Å². The molecular formula is C15H17Cl2N3O. The molecule has 0 spiro atoms. The van der Waals surface area contributed by atoms with Crippen LogP contribution >= 0.6 is 23.2 Å². The Kier molecular flexibility index (Phi) is 5.26. The van der Waals surface area contributed by atoms with Gasteiger partial charge >= 0.3 is 0 Å². The molecule has 1 aromatic heterocycles. The second-order valence-corrected chi connectivity index (χ2v) is 5.57. The van der Waals surface area contributed by atoms with Crippen LogP contribution in [0.1, 0.15) is 32.5 Å². The van der Waals surface area contributed by atoms with Gasteiger partial charge in [0.05, 0.1) is 5.02 Å². The predicted molar refractivity (Wildman–Crippen MR) is 86.8 cm³/mol. The largest absolute Gasteiger partial charge is 0.437 e. The number of nitrogens with zero attached hydrogens (tertiary/aromatic N) is 2. The highest BCUT2D eigenvalue weighted by Gasteiger charge is 2.12. The summed E-state index contributed by atoms with van der Waals surface area (Å²) >= 11 is 12.1. The van der Waals surface area contributed by atoms with Gasteiger partial charge in [0.15, 0.2) is 0 Å². The lowest BCUT2D eigenvalue weighted by molar-refractivity contribution is 0.457. The van der Waals surface area contributed by atoms with Gasteiger partial charge in [-0.05, 0) is 19.1 Å². The average Bonchev–Trinajstić information content (AvgIpc) is 2.44. The fourth-order valence-electron chi connectivity index (χ4n) is 1.70. The maximum Gasteiger partial charge on any atom is 0.224 e. The summed E-state index contributed by atoms with van der Waals surface area (Å²) in [6.45, 7) is 6.83. The van der Waals surface area contributed by atoms with Crippen LogP contribution in [0.5, 0.6) is 11.6 Å². The lowest BCUT2D eigenvalue weighted by Gasteiger charge is -2.12. The summed E-state index contributed by atoms with van der Waals surface area (Å²) in [7, 11) is 0. The first-order valence-electron chi connectivity index (χ1n) is 6.76. The van der Waals surface area contributed by atoms with E-state index >= 15 is 0 Å². The van der Waals surface area contributed by atoms with E-state index in [1.165, 1.54) is 0 Å². The first kappa shape index (κ1) is 15.9. The Morgan fingerprint density at radius 1 is 1.24 bits per heavy atom. The highest BCUT2D eigenvalue weighted by molar-refractivity contribution is 6.42. The second-order valence-electron chi connectivity index (χ2n) is 4.79. The van der Waals surface area contributed by atoms with E-state index < -0.39 is 0 Å². The van der Waals surface area contributed by atoms with E-state index in [4.69, 9.17) is 27.9 Å². The number of rotatable bonds is 5. The van der Waals surface area contributed by atoms with E-state index in [0.717, 1.165) is 12.4 Å². The lowest BCUT2D eigenvalue weighted by Crippen LogP contribution is -2.06. The van der Waals surface area contributed by atoms with Crippen molar-refractivity contribution in [3.63, 3.8) is 0 Å². The summed E-state index contributed by atoms with van der Waals surface area (Å²) in [5, 5.41) is 3.98. The van der Waals surface area contributed by atoms with Gasteiger partial charge in [0, 0.05) is 18.5 Å². The number of hydrogen-bond acceptors (Lipinski definition) is 4. The number of anilines is 1. The molecule has 0 amide bonds. The van der Waals surface area contributed by atoms with E-state index in [-0.39, 0.29) is 5.92 Å². The number of nitrogens with one attached hydrogen (secondary N) is 1. The molecule has 21 heavy (non-hydrogen) atoms. The summed E-state index contributed by atoms with van der Waals surface area (Å²) in [6.07, 6.45) is 0. The van der Waals surface area contributed by atoms with Crippen molar-refractivity contribution in [1.29, 1.82) is 0 Å². The molecule has 2 aromatic rings. The van der Waals surface area contributed by atoms with Crippen molar-refractivity contribution < 1.29 is 4.74 Å². The van der Waals surface area contributed by atoms with Crippen molar-refractivity contribution in [3.05, 3.63) is 40.1 Å². The topological polar surface area (TPSA) is 47.0 Å². The molecule has 0 saturated heterocycles. The highest BCUT2D eigenvalue weighted by atomic mass is 35.5. The molecule has 0 radical (unpaired) electrons. The molecule has 112 valence electrons. The van der Waals surface area contributed by atoms with Gasteiger partial charge in [-0.3, -0.25) is 0 Å². The molecule has 2 rings (SSSR count). The zero-order chi connectivity index (χ0) is 15.4. The van der Waals surface area contributed by atoms with E-state index in [0.29, 0.717) is 27.5 Å². The van der Waals surface area contributed by atoms with Crippen LogP contribution in [0, 0.1) is 0 Å². The van der Waals surface area contributed by atoms with E-state index in [1.807, 2.05) is 20.8 Å². The van der Waals surface area contributed by atoms with Gasteiger partial charge in [0.25, 0.3) is 0 Å². The molecule has 4 nitrogen and oxygen atoms in total. The van der Waals surface area contributed by atoms with Crippen LogP contribution in [0.2, 0.25) is 10.0 Å². The zero-order valence-corrected chi connectivity index (χ0v) is 13.7. The Labute approximate surface area is 134 Å². The molecule has 0 fully saturated rings. The molecule has 0 aliphatic rings. The summed E-state index contributed by atoms with van der Waals surface area (Å²) in [5.74, 6) is 2.54. The SMILES string of the molecule is CCNc1cc(Oc2cccc(Cl)c2Cl)nc(C(C)C)n1. The van der Waals surface area contributed by atoms with Crippen molar-refractivity contribution in [2.24, 2.45) is 0 Å². The molecule has 0 aliphatic carbocycles. The summed E-state index contributed by atoms with van der Waals surface area (Å²) in [5.41, 5.74) is 0. The quantitative estimate of drug-likeness (QED) is 0.827. The molecule has 0 saturated carbocycles. The molecule has 0 aliphatic heterocycles. The van der Waals surface area contributed by atoms with Crippen LogP contribution in [-0.4, -0.2) is 16.5 Å². The maximum atomic E-state index is 6.13. The number of halogens is 2. The minimum Gasteiger partial charge on any atom is -0.437 e. The Morgan fingerprint density at radius 2 is 2.00 bits per heavy atom. The van der Waals surface area contributed by atoms with Crippen molar-refractivity contribution in [1.82, 2.24) is 9.97 Å². The molecule has 1 aromatic carbocycles. The van der Waals surface area contributed by atoms with Crippen LogP contribution in [0.4, 0.5) is 5.82 Å². The third-order valence-electron chi connectivity index (χ3n) is 2.72. The van der Waals surface area contributed by atoms with Gasteiger partial charge in [-0.15, -0.1) is 0 Å². The predicted octanol–water partition coefficient (Wildman–Crippen LogP) is 5.13. The van der Waals surface area contributed by atoms with E-state index in [9.17, 15) is 0 Å². The number of hydrogen-bond donors (Lipinski definition) is 1. The van der Waals surface area contributed by atoms with Gasteiger partial charge in [-0.2, -0.15) is 4.98 Å². The van der Waals surface area contributed by atoms with Gasteiger partial charge in [0.1, 0.15) is 22.4 Å². The Bertz CT molecular complexity index is 632. The standard InChI is InChI=1S/C15H17Cl2N3O/c1-4-18-12-8-13(20-15(19-12)9(2)3)21-11-7-5-6-10(16)14(11)17/h5-9H,4H2,1-3H3,(H,18,19,20). The normalized spacial score (nSPS) is 10.8. The van der Waals surface area contributed by atoms with E-state index in [2.05, 4.69) is 15.3 Å². The van der Waals surface area contributed by atoms with Crippen molar-refractivity contribution in [2.75, 3.05) is 11.9 Å².